The fourth-order valence-electron chi connectivity index (χ4n) is 3.99. The molecule has 37 heavy (non-hydrogen) atoms. The largest absolute Gasteiger partial charge is 0.484 e. The summed E-state index contributed by atoms with van der Waals surface area (Å²) >= 11 is 6.23. The van der Waals surface area contributed by atoms with Gasteiger partial charge in [0.05, 0.1) is 0 Å². The van der Waals surface area contributed by atoms with Crippen molar-refractivity contribution in [3.8, 4) is 5.75 Å². The van der Waals surface area contributed by atoms with Gasteiger partial charge in [-0.25, -0.2) is 0 Å². The van der Waals surface area contributed by atoms with Crippen molar-refractivity contribution in [3.63, 3.8) is 0 Å². The van der Waals surface area contributed by atoms with Crippen molar-refractivity contribution < 1.29 is 14.3 Å². The Labute approximate surface area is 225 Å². The Morgan fingerprint density at radius 2 is 1.57 bits per heavy atom. The predicted molar refractivity (Wildman–Crippen MR) is 150 cm³/mol. The minimum absolute atomic E-state index is 0.176. The zero-order chi connectivity index (χ0) is 26.8. The van der Waals surface area contributed by atoms with Gasteiger partial charge in [0, 0.05) is 24.5 Å². The number of halogens is 1. The molecule has 1 N–H and O–H groups in total. The molecule has 5 nitrogen and oxygen atoms in total. The zero-order valence-corrected chi connectivity index (χ0v) is 22.9. The van der Waals surface area contributed by atoms with Crippen LogP contribution in [0.25, 0.3) is 0 Å². The van der Waals surface area contributed by atoms with Crippen LogP contribution >= 0.6 is 11.6 Å². The van der Waals surface area contributed by atoms with Gasteiger partial charge in [-0.1, -0.05) is 93.9 Å². The lowest BCUT2D eigenvalue weighted by molar-refractivity contribution is -0.142. The van der Waals surface area contributed by atoms with E-state index in [1.54, 1.807) is 11.0 Å². The van der Waals surface area contributed by atoms with Gasteiger partial charge in [0.2, 0.25) is 5.91 Å². The van der Waals surface area contributed by atoms with Gasteiger partial charge in [-0.05, 0) is 52.8 Å². The second-order valence-electron chi connectivity index (χ2n) is 10.0. The van der Waals surface area contributed by atoms with Crippen LogP contribution in [-0.2, 0) is 22.6 Å². The summed E-state index contributed by atoms with van der Waals surface area (Å²) in [7, 11) is 0. The molecule has 0 radical (unpaired) electrons. The van der Waals surface area contributed by atoms with Gasteiger partial charge in [0.25, 0.3) is 5.91 Å². The van der Waals surface area contributed by atoms with E-state index in [4.69, 9.17) is 16.3 Å². The molecule has 0 saturated carbocycles. The molecule has 0 spiro atoms. The monoisotopic (exact) mass is 520 g/mol. The van der Waals surface area contributed by atoms with E-state index in [2.05, 4.69) is 19.2 Å². The fourth-order valence-corrected chi connectivity index (χ4v) is 4.20. The number of amides is 2. The average molecular weight is 521 g/mol. The highest BCUT2D eigenvalue weighted by Gasteiger charge is 2.30. The predicted octanol–water partition coefficient (Wildman–Crippen LogP) is 6.25. The third kappa shape index (κ3) is 8.94. The van der Waals surface area contributed by atoms with Crippen LogP contribution in [0.15, 0.2) is 78.9 Å². The first-order chi connectivity index (χ1) is 17.7. The molecule has 0 aliphatic heterocycles. The Bertz CT molecular complexity index is 1150. The molecule has 0 saturated heterocycles. The van der Waals surface area contributed by atoms with Crippen molar-refractivity contribution in [1.29, 1.82) is 0 Å². The molecular formula is C31H37ClN2O3. The third-order valence-corrected chi connectivity index (χ3v) is 6.34. The zero-order valence-electron chi connectivity index (χ0n) is 22.1. The normalized spacial score (nSPS) is 11.9. The number of ether oxygens (including phenoxy) is 1. The standard InChI is InChI=1S/C31H37ClN2O3/c1-22(2)19-33-31(36)29(18-24-9-6-5-7-10-24)34(20-25-11-8-12-27(32)17-25)30(35)21-37-28-15-13-26(14-16-28)23(3)4/h5-17,22-23,29H,18-21H2,1-4H3,(H,33,36)/t29-/m0/s1. The van der Waals surface area contributed by atoms with Crippen LogP contribution in [0.5, 0.6) is 5.75 Å². The molecular weight excluding hydrogens is 484 g/mol. The summed E-state index contributed by atoms with van der Waals surface area (Å²) in [6, 6.07) is 24.2. The van der Waals surface area contributed by atoms with Crippen molar-refractivity contribution in [2.45, 2.75) is 52.6 Å². The molecule has 3 aromatic carbocycles. The lowest BCUT2D eigenvalue weighted by Gasteiger charge is -2.31. The molecule has 0 fully saturated rings. The molecule has 0 aromatic heterocycles. The molecule has 0 unspecified atom stereocenters. The van der Waals surface area contributed by atoms with E-state index in [-0.39, 0.29) is 30.9 Å². The van der Waals surface area contributed by atoms with E-state index >= 15 is 0 Å². The molecule has 0 aliphatic carbocycles. The van der Waals surface area contributed by atoms with Gasteiger partial charge in [0.15, 0.2) is 6.61 Å². The van der Waals surface area contributed by atoms with Gasteiger partial charge in [-0.15, -0.1) is 0 Å². The van der Waals surface area contributed by atoms with Crippen molar-refractivity contribution in [2.75, 3.05) is 13.2 Å². The van der Waals surface area contributed by atoms with Crippen molar-refractivity contribution >= 4 is 23.4 Å². The molecule has 0 bridgehead atoms. The smallest absolute Gasteiger partial charge is 0.261 e. The first-order valence-corrected chi connectivity index (χ1v) is 13.2. The van der Waals surface area contributed by atoms with Gasteiger partial charge in [-0.2, -0.15) is 0 Å². The van der Waals surface area contributed by atoms with Crippen molar-refractivity contribution in [1.82, 2.24) is 10.2 Å². The second-order valence-corrected chi connectivity index (χ2v) is 10.4. The maximum atomic E-state index is 13.6. The van der Waals surface area contributed by atoms with Gasteiger partial charge >= 0.3 is 0 Å². The first kappa shape index (κ1) is 28.3. The molecule has 0 aliphatic rings. The minimum Gasteiger partial charge on any atom is -0.484 e. The summed E-state index contributed by atoms with van der Waals surface area (Å²) in [6.07, 6.45) is 0.389. The van der Waals surface area contributed by atoms with Gasteiger partial charge in [0.1, 0.15) is 11.8 Å². The number of nitrogens with zero attached hydrogens (tertiary/aromatic N) is 1. The fraction of sp³-hybridized carbons (Fsp3) is 0.355. The van der Waals surface area contributed by atoms with Crippen LogP contribution < -0.4 is 10.1 Å². The van der Waals surface area contributed by atoms with Crippen molar-refractivity contribution in [2.24, 2.45) is 5.92 Å². The highest BCUT2D eigenvalue weighted by Crippen LogP contribution is 2.20. The topological polar surface area (TPSA) is 58.6 Å². The average Bonchev–Trinajstić information content (AvgIpc) is 2.88. The van der Waals surface area contributed by atoms with Crippen LogP contribution in [0.4, 0.5) is 0 Å². The maximum absolute atomic E-state index is 13.6. The van der Waals surface area contributed by atoms with E-state index < -0.39 is 6.04 Å². The number of hydrogen-bond acceptors (Lipinski definition) is 3. The van der Waals surface area contributed by atoms with E-state index in [1.807, 2.05) is 86.6 Å². The van der Waals surface area contributed by atoms with E-state index in [0.29, 0.717) is 29.7 Å². The van der Waals surface area contributed by atoms with Crippen LogP contribution in [0.1, 0.15) is 50.3 Å². The molecule has 3 rings (SSSR count). The number of carbonyl (C=O) groups is 2. The van der Waals surface area contributed by atoms with Crippen LogP contribution in [0.3, 0.4) is 0 Å². The Morgan fingerprint density at radius 3 is 2.19 bits per heavy atom. The number of rotatable bonds is 12. The minimum atomic E-state index is -0.709. The van der Waals surface area contributed by atoms with Crippen LogP contribution in [-0.4, -0.2) is 35.9 Å². The Kier molecular flexibility index (Phi) is 10.6. The number of carbonyl (C=O) groups excluding carboxylic acids is 2. The summed E-state index contributed by atoms with van der Waals surface area (Å²) in [5.74, 6) is 0.856. The quantitative estimate of drug-likeness (QED) is 0.307. The molecule has 6 heteroatoms. The number of nitrogens with one attached hydrogen (secondary N) is 1. The van der Waals surface area contributed by atoms with E-state index in [1.165, 1.54) is 5.56 Å². The van der Waals surface area contributed by atoms with Gasteiger partial charge in [-0.3, -0.25) is 9.59 Å². The lowest BCUT2D eigenvalue weighted by atomic mass is 10.0. The molecule has 2 amide bonds. The summed E-state index contributed by atoms with van der Waals surface area (Å²) in [6.45, 7) is 8.93. The summed E-state index contributed by atoms with van der Waals surface area (Å²) < 4.78 is 5.87. The lowest BCUT2D eigenvalue weighted by Crippen LogP contribution is -2.52. The number of hydrogen-bond donors (Lipinski definition) is 1. The summed E-state index contributed by atoms with van der Waals surface area (Å²) in [4.78, 5) is 28.7. The molecule has 0 heterocycles. The summed E-state index contributed by atoms with van der Waals surface area (Å²) in [5, 5.41) is 3.60. The van der Waals surface area contributed by atoms with E-state index in [9.17, 15) is 9.59 Å². The second kappa shape index (κ2) is 13.8. The van der Waals surface area contributed by atoms with Crippen LogP contribution in [0, 0.1) is 5.92 Å². The molecule has 196 valence electrons. The summed E-state index contributed by atoms with van der Waals surface area (Å²) in [5.41, 5.74) is 3.02. The SMILES string of the molecule is CC(C)CNC(=O)[C@H](Cc1ccccc1)N(Cc1cccc(Cl)c1)C(=O)COc1ccc(C(C)C)cc1. The highest BCUT2D eigenvalue weighted by atomic mass is 35.5. The third-order valence-electron chi connectivity index (χ3n) is 6.11. The highest BCUT2D eigenvalue weighted by molar-refractivity contribution is 6.30. The maximum Gasteiger partial charge on any atom is 0.261 e. The molecule has 1 atom stereocenters. The van der Waals surface area contributed by atoms with Gasteiger partial charge < -0.3 is 15.0 Å². The van der Waals surface area contributed by atoms with Crippen molar-refractivity contribution in [3.05, 3.63) is 101 Å². The Morgan fingerprint density at radius 1 is 0.892 bits per heavy atom. The Hall–Kier alpha value is -3.31. The first-order valence-electron chi connectivity index (χ1n) is 12.8. The molecule has 3 aromatic rings. The van der Waals surface area contributed by atoms with E-state index in [0.717, 1.165) is 11.1 Å². The Balaban J connectivity index is 1.87. The number of benzene rings is 3. The van der Waals surface area contributed by atoms with Crippen LogP contribution in [0.2, 0.25) is 5.02 Å².